The second-order valence-corrected chi connectivity index (χ2v) is 4.80. The molecule has 0 aliphatic carbocycles. The fraction of sp³-hybridized carbons (Fsp3) is 0.154. The molecule has 0 fully saturated rings. The van der Waals surface area contributed by atoms with Gasteiger partial charge in [0.25, 0.3) is 5.91 Å². The number of amides is 1. The molecule has 2 rings (SSSR count). The van der Waals surface area contributed by atoms with Gasteiger partial charge in [-0.25, -0.2) is 4.39 Å². The first-order chi connectivity index (χ1) is 9.08. The molecule has 4 N–H and O–H groups in total. The molecule has 19 heavy (non-hydrogen) atoms. The van der Waals surface area contributed by atoms with Gasteiger partial charge < -0.3 is 16.2 Å². The lowest BCUT2D eigenvalue weighted by atomic mass is 10.1. The second kappa shape index (κ2) is 5.81. The minimum Gasteiger partial charge on any atom is -0.396 e. The summed E-state index contributed by atoms with van der Waals surface area (Å²) in [5, 5.41) is 16.0. The molecule has 4 nitrogen and oxygen atoms in total. The molecule has 0 saturated heterocycles. The van der Waals surface area contributed by atoms with E-state index in [0.717, 1.165) is 11.6 Å². The molecule has 2 aromatic rings. The molecule has 1 aromatic heterocycles. The number of aliphatic hydroxyl groups excluding tert-OH is 1. The third-order valence-electron chi connectivity index (χ3n) is 2.64. The Morgan fingerprint density at radius 2 is 2.26 bits per heavy atom. The van der Waals surface area contributed by atoms with Crippen molar-refractivity contribution in [3.05, 3.63) is 52.0 Å². The number of benzene rings is 1. The van der Waals surface area contributed by atoms with Crippen LogP contribution in [0.15, 0.2) is 35.0 Å². The lowest BCUT2D eigenvalue weighted by Crippen LogP contribution is -2.28. The highest BCUT2D eigenvalue weighted by atomic mass is 32.1. The van der Waals surface area contributed by atoms with Crippen molar-refractivity contribution in [1.29, 1.82) is 0 Å². The van der Waals surface area contributed by atoms with E-state index >= 15 is 0 Å². The first-order valence-electron chi connectivity index (χ1n) is 5.61. The van der Waals surface area contributed by atoms with Crippen molar-refractivity contribution in [2.24, 2.45) is 0 Å². The Bertz CT molecular complexity index is 572. The van der Waals surface area contributed by atoms with Crippen molar-refractivity contribution < 1.29 is 14.3 Å². The Labute approximate surface area is 113 Å². The molecule has 6 heteroatoms. The average Bonchev–Trinajstić information content (AvgIpc) is 2.92. The average molecular weight is 280 g/mol. The van der Waals surface area contributed by atoms with E-state index in [-0.39, 0.29) is 17.8 Å². The monoisotopic (exact) mass is 280 g/mol. The highest BCUT2D eigenvalue weighted by Gasteiger charge is 2.12. The van der Waals surface area contributed by atoms with E-state index in [9.17, 15) is 14.3 Å². The molecule has 1 amide bonds. The Hall–Kier alpha value is -1.92. The second-order valence-electron chi connectivity index (χ2n) is 4.02. The van der Waals surface area contributed by atoms with Gasteiger partial charge in [-0.2, -0.15) is 11.3 Å². The minimum atomic E-state index is -0.756. The quantitative estimate of drug-likeness (QED) is 0.749. The molecule has 0 aliphatic rings. The van der Waals surface area contributed by atoms with Gasteiger partial charge in [0, 0.05) is 12.1 Å². The van der Waals surface area contributed by atoms with Gasteiger partial charge in [-0.1, -0.05) is 0 Å². The molecule has 1 heterocycles. The Morgan fingerprint density at radius 3 is 2.89 bits per heavy atom. The highest BCUT2D eigenvalue weighted by Crippen LogP contribution is 2.16. The largest absolute Gasteiger partial charge is 0.396 e. The van der Waals surface area contributed by atoms with Crippen LogP contribution >= 0.6 is 11.3 Å². The van der Waals surface area contributed by atoms with Gasteiger partial charge >= 0.3 is 0 Å². The maximum atomic E-state index is 13.0. The zero-order valence-electron chi connectivity index (χ0n) is 9.97. The molecule has 1 atom stereocenters. The molecule has 0 radical (unpaired) electrons. The molecule has 100 valence electrons. The third-order valence-corrected chi connectivity index (χ3v) is 3.34. The summed E-state index contributed by atoms with van der Waals surface area (Å²) in [6.07, 6.45) is -0.756. The van der Waals surface area contributed by atoms with Crippen LogP contribution in [0.25, 0.3) is 0 Å². The zero-order valence-corrected chi connectivity index (χ0v) is 10.8. The lowest BCUT2D eigenvalue weighted by Gasteiger charge is -2.11. The van der Waals surface area contributed by atoms with Gasteiger partial charge in [0.15, 0.2) is 0 Å². The van der Waals surface area contributed by atoms with Crippen molar-refractivity contribution in [1.82, 2.24) is 5.32 Å². The Kier molecular flexibility index (Phi) is 4.13. The smallest absolute Gasteiger partial charge is 0.251 e. The van der Waals surface area contributed by atoms with Gasteiger partial charge in [0.1, 0.15) is 5.82 Å². The van der Waals surface area contributed by atoms with Crippen LogP contribution in [-0.2, 0) is 0 Å². The predicted molar refractivity (Wildman–Crippen MR) is 72.4 cm³/mol. The Morgan fingerprint density at radius 1 is 1.47 bits per heavy atom. The van der Waals surface area contributed by atoms with Crippen LogP contribution in [0.1, 0.15) is 22.0 Å². The summed E-state index contributed by atoms with van der Waals surface area (Å²) in [6, 6.07) is 5.54. The summed E-state index contributed by atoms with van der Waals surface area (Å²) in [6.45, 7) is 0.0901. The number of thiophene rings is 1. The van der Waals surface area contributed by atoms with Gasteiger partial charge in [-0.3, -0.25) is 4.79 Å². The van der Waals surface area contributed by atoms with Gasteiger partial charge in [0.2, 0.25) is 0 Å². The summed E-state index contributed by atoms with van der Waals surface area (Å²) in [5.41, 5.74) is 6.33. The van der Waals surface area contributed by atoms with E-state index in [4.69, 9.17) is 5.73 Å². The van der Waals surface area contributed by atoms with Crippen molar-refractivity contribution in [3.63, 3.8) is 0 Å². The number of hydrogen-bond donors (Lipinski definition) is 3. The van der Waals surface area contributed by atoms with Gasteiger partial charge in [-0.05, 0) is 40.6 Å². The van der Waals surface area contributed by atoms with E-state index in [2.05, 4.69) is 5.32 Å². The van der Waals surface area contributed by atoms with Gasteiger partial charge in [0.05, 0.1) is 11.8 Å². The third kappa shape index (κ3) is 3.30. The number of nitrogens with two attached hydrogens (primary N) is 1. The van der Waals surface area contributed by atoms with E-state index in [1.165, 1.54) is 23.5 Å². The number of hydrogen-bond acceptors (Lipinski definition) is 4. The number of carbonyl (C=O) groups excluding carboxylic acids is 1. The van der Waals surface area contributed by atoms with Crippen LogP contribution in [-0.4, -0.2) is 17.6 Å². The number of nitrogen functional groups attached to an aromatic ring is 1. The molecular formula is C13H13FN2O2S. The van der Waals surface area contributed by atoms with Crippen molar-refractivity contribution in [3.8, 4) is 0 Å². The fourth-order valence-corrected chi connectivity index (χ4v) is 2.27. The standard InChI is InChI=1S/C13H13FN2O2S/c14-10-2-1-8(5-11(10)15)13(18)16-6-12(17)9-3-4-19-7-9/h1-5,7,12,17H,6,15H2,(H,16,18). The predicted octanol–water partition coefficient (Wildman–Crippen LogP) is 1.93. The van der Waals surface area contributed by atoms with Crippen molar-refractivity contribution in [2.75, 3.05) is 12.3 Å². The van der Waals surface area contributed by atoms with Crippen LogP contribution in [0.3, 0.4) is 0 Å². The normalized spacial score (nSPS) is 12.1. The van der Waals surface area contributed by atoms with Crippen molar-refractivity contribution >= 4 is 22.9 Å². The van der Waals surface area contributed by atoms with E-state index in [0.29, 0.717) is 0 Å². The molecule has 0 bridgehead atoms. The summed E-state index contributed by atoms with van der Waals surface area (Å²) < 4.78 is 13.0. The van der Waals surface area contributed by atoms with E-state index < -0.39 is 17.8 Å². The number of anilines is 1. The van der Waals surface area contributed by atoms with E-state index in [1.807, 2.05) is 10.8 Å². The zero-order chi connectivity index (χ0) is 13.8. The van der Waals surface area contributed by atoms with Crippen molar-refractivity contribution in [2.45, 2.75) is 6.10 Å². The lowest BCUT2D eigenvalue weighted by molar-refractivity contribution is 0.0916. The molecule has 0 spiro atoms. The number of halogens is 1. The maximum absolute atomic E-state index is 13.0. The summed E-state index contributed by atoms with van der Waals surface area (Å²) >= 11 is 1.47. The van der Waals surface area contributed by atoms with Crippen LogP contribution in [0.4, 0.5) is 10.1 Å². The summed E-state index contributed by atoms with van der Waals surface area (Å²) in [4.78, 5) is 11.8. The first kappa shape index (κ1) is 13.5. The van der Waals surface area contributed by atoms with Crippen LogP contribution < -0.4 is 11.1 Å². The molecule has 0 saturated carbocycles. The van der Waals surface area contributed by atoms with Crippen LogP contribution in [0.2, 0.25) is 0 Å². The van der Waals surface area contributed by atoms with Crippen LogP contribution in [0, 0.1) is 5.82 Å². The van der Waals surface area contributed by atoms with Gasteiger partial charge in [-0.15, -0.1) is 0 Å². The number of nitrogens with one attached hydrogen (secondary N) is 1. The minimum absolute atomic E-state index is 0.0777. The molecular weight excluding hydrogens is 267 g/mol. The van der Waals surface area contributed by atoms with Crippen LogP contribution in [0.5, 0.6) is 0 Å². The number of aliphatic hydroxyl groups is 1. The summed E-state index contributed by atoms with van der Waals surface area (Å²) in [7, 11) is 0. The fourth-order valence-electron chi connectivity index (χ4n) is 1.56. The van der Waals surface area contributed by atoms with E-state index in [1.54, 1.807) is 6.07 Å². The number of rotatable bonds is 4. The number of carbonyl (C=O) groups is 1. The maximum Gasteiger partial charge on any atom is 0.251 e. The molecule has 1 unspecified atom stereocenters. The first-order valence-corrected chi connectivity index (χ1v) is 6.55. The molecule has 0 aliphatic heterocycles. The highest BCUT2D eigenvalue weighted by molar-refractivity contribution is 7.07. The summed E-state index contributed by atoms with van der Waals surface area (Å²) in [5.74, 6) is -0.962. The SMILES string of the molecule is Nc1cc(C(=O)NCC(O)c2ccsc2)ccc1F. The topological polar surface area (TPSA) is 75.4 Å². The molecule has 1 aromatic carbocycles. The Balaban J connectivity index is 1.96.